The van der Waals surface area contributed by atoms with Gasteiger partial charge >= 0.3 is 0 Å². The van der Waals surface area contributed by atoms with Gasteiger partial charge in [-0.25, -0.2) is 8.42 Å². The number of nitrogens with one attached hydrogen (secondary N) is 2. The van der Waals surface area contributed by atoms with Crippen molar-refractivity contribution in [2.45, 2.75) is 51.0 Å². The van der Waals surface area contributed by atoms with Crippen LogP contribution in [0.1, 0.15) is 53.0 Å². The Morgan fingerprint density at radius 1 is 1.18 bits per heavy atom. The van der Waals surface area contributed by atoms with Crippen molar-refractivity contribution in [2.75, 3.05) is 13.1 Å². The zero-order chi connectivity index (χ0) is 20.3. The number of rotatable bonds is 5. The van der Waals surface area contributed by atoms with Gasteiger partial charge in [-0.3, -0.25) is 4.79 Å². The van der Waals surface area contributed by atoms with Crippen LogP contribution in [0.15, 0.2) is 33.6 Å². The Bertz CT molecular complexity index is 961. The number of carbonyl (C=O) groups is 1. The maximum absolute atomic E-state index is 13.2. The molecule has 1 aliphatic heterocycles. The lowest BCUT2D eigenvalue weighted by Gasteiger charge is -2.20. The lowest BCUT2D eigenvalue weighted by Crippen LogP contribution is -2.32. The first-order valence-corrected chi connectivity index (χ1v) is 11.8. The highest BCUT2D eigenvalue weighted by molar-refractivity contribution is 9.10. The van der Waals surface area contributed by atoms with Crippen molar-refractivity contribution in [3.63, 3.8) is 0 Å². The monoisotopic (exact) mass is 467 g/mol. The van der Waals surface area contributed by atoms with E-state index in [0.717, 1.165) is 35.7 Å². The van der Waals surface area contributed by atoms with Crippen molar-refractivity contribution in [2.24, 2.45) is 0 Å². The molecule has 0 aliphatic carbocycles. The fourth-order valence-corrected chi connectivity index (χ4v) is 6.05. The van der Waals surface area contributed by atoms with Gasteiger partial charge in [0.15, 0.2) is 0 Å². The van der Waals surface area contributed by atoms with Gasteiger partial charge in [0.25, 0.3) is 5.91 Å². The molecule has 1 fully saturated rings. The zero-order valence-electron chi connectivity index (χ0n) is 16.2. The summed E-state index contributed by atoms with van der Waals surface area (Å²) in [5.74, 6) is -0.308. The number of halogens is 1. The second-order valence-electron chi connectivity index (χ2n) is 7.21. The van der Waals surface area contributed by atoms with Gasteiger partial charge in [0.05, 0.1) is 0 Å². The van der Waals surface area contributed by atoms with Crippen LogP contribution in [0.2, 0.25) is 0 Å². The van der Waals surface area contributed by atoms with E-state index < -0.39 is 10.0 Å². The van der Waals surface area contributed by atoms with Gasteiger partial charge in [-0.1, -0.05) is 40.9 Å². The number of hydrogen-bond donors (Lipinski definition) is 2. The number of aromatic nitrogens is 1. The number of carbonyl (C=O) groups excluding carboxylic acids is 1. The van der Waals surface area contributed by atoms with Gasteiger partial charge in [-0.15, -0.1) is 0 Å². The summed E-state index contributed by atoms with van der Waals surface area (Å²) >= 11 is 3.41. The third kappa shape index (κ3) is 4.50. The van der Waals surface area contributed by atoms with Crippen LogP contribution in [-0.4, -0.2) is 36.7 Å². The molecule has 0 atom stereocenters. The van der Waals surface area contributed by atoms with Crippen molar-refractivity contribution in [3.05, 3.63) is 51.3 Å². The molecule has 1 amide bonds. The van der Waals surface area contributed by atoms with E-state index in [-0.39, 0.29) is 10.8 Å². The smallest absolute Gasteiger partial charge is 0.268 e. The summed E-state index contributed by atoms with van der Waals surface area (Å²) in [4.78, 5) is 15.9. The first kappa shape index (κ1) is 21.1. The van der Waals surface area contributed by atoms with Crippen LogP contribution in [0.4, 0.5) is 0 Å². The van der Waals surface area contributed by atoms with Gasteiger partial charge in [0.2, 0.25) is 10.0 Å². The van der Waals surface area contributed by atoms with Crippen LogP contribution in [0.3, 0.4) is 0 Å². The molecule has 1 saturated heterocycles. The number of amides is 1. The maximum atomic E-state index is 13.2. The first-order valence-electron chi connectivity index (χ1n) is 9.52. The number of aromatic amines is 1. The van der Waals surface area contributed by atoms with Crippen molar-refractivity contribution >= 4 is 31.9 Å². The van der Waals surface area contributed by atoms with E-state index in [1.165, 1.54) is 0 Å². The summed E-state index contributed by atoms with van der Waals surface area (Å²) < 4.78 is 28.9. The van der Waals surface area contributed by atoms with E-state index in [1.807, 2.05) is 24.3 Å². The van der Waals surface area contributed by atoms with E-state index in [0.29, 0.717) is 36.6 Å². The fraction of sp³-hybridized carbons (Fsp3) is 0.450. The molecule has 2 aromatic rings. The van der Waals surface area contributed by atoms with E-state index in [1.54, 1.807) is 18.2 Å². The lowest BCUT2D eigenvalue weighted by atomic mass is 10.2. The Morgan fingerprint density at radius 2 is 1.86 bits per heavy atom. The molecule has 2 heterocycles. The van der Waals surface area contributed by atoms with E-state index >= 15 is 0 Å². The molecule has 1 aromatic heterocycles. The third-order valence-electron chi connectivity index (χ3n) is 5.10. The maximum Gasteiger partial charge on any atom is 0.268 e. The van der Waals surface area contributed by atoms with Crippen LogP contribution in [0.25, 0.3) is 0 Å². The highest BCUT2D eigenvalue weighted by Gasteiger charge is 2.31. The molecule has 0 unspecified atom stereocenters. The van der Waals surface area contributed by atoms with E-state index in [4.69, 9.17) is 0 Å². The minimum absolute atomic E-state index is 0.238. The summed E-state index contributed by atoms with van der Waals surface area (Å²) in [6, 6.07) is 7.68. The van der Waals surface area contributed by atoms with Gasteiger partial charge in [-0.2, -0.15) is 4.31 Å². The second kappa shape index (κ2) is 8.80. The van der Waals surface area contributed by atoms with Gasteiger partial charge in [0.1, 0.15) is 10.6 Å². The van der Waals surface area contributed by atoms with Crippen LogP contribution >= 0.6 is 15.9 Å². The Morgan fingerprint density at radius 3 is 2.50 bits per heavy atom. The van der Waals surface area contributed by atoms with Crippen molar-refractivity contribution in [1.29, 1.82) is 0 Å². The molecule has 3 rings (SSSR count). The van der Waals surface area contributed by atoms with Crippen LogP contribution in [0.5, 0.6) is 0 Å². The second-order valence-corrected chi connectivity index (χ2v) is 10.0. The summed E-state index contributed by atoms with van der Waals surface area (Å²) in [5.41, 5.74) is 2.25. The predicted octanol–water partition coefficient (Wildman–Crippen LogP) is 3.89. The average Bonchev–Trinajstić information content (AvgIpc) is 2.83. The predicted molar refractivity (Wildman–Crippen MR) is 113 cm³/mol. The topological polar surface area (TPSA) is 82.3 Å². The van der Waals surface area contributed by atoms with Crippen LogP contribution < -0.4 is 5.32 Å². The number of benzene rings is 1. The molecule has 0 bridgehead atoms. The summed E-state index contributed by atoms with van der Waals surface area (Å²) in [6.45, 7) is 4.85. The molecular formula is C20H26BrN3O3S. The van der Waals surface area contributed by atoms with Crippen molar-refractivity contribution < 1.29 is 13.2 Å². The Balaban J connectivity index is 1.81. The molecule has 2 N–H and O–H groups in total. The minimum atomic E-state index is -3.62. The van der Waals surface area contributed by atoms with Crippen molar-refractivity contribution in [3.8, 4) is 0 Å². The Hall–Kier alpha value is -1.64. The van der Waals surface area contributed by atoms with Gasteiger partial charge < -0.3 is 10.3 Å². The van der Waals surface area contributed by atoms with Gasteiger partial charge in [-0.05, 0) is 49.9 Å². The number of aryl methyl sites for hydroxylation is 1. The van der Waals surface area contributed by atoms with Crippen LogP contribution in [-0.2, 0) is 16.6 Å². The largest absolute Gasteiger partial charge is 0.353 e. The average molecular weight is 468 g/mol. The minimum Gasteiger partial charge on any atom is -0.353 e. The highest BCUT2D eigenvalue weighted by atomic mass is 79.9. The molecule has 28 heavy (non-hydrogen) atoms. The molecule has 8 heteroatoms. The highest BCUT2D eigenvalue weighted by Crippen LogP contribution is 2.28. The summed E-state index contributed by atoms with van der Waals surface area (Å²) in [6.07, 6.45) is 3.87. The quantitative estimate of drug-likeness (QED) is 0.699. The third-order valence-corrected chi connectivity index (χ3v) is 7.77. The number of H-pyrrole nitrogens is 1. The Kier molecular flexibility index (Phi) is 6.62. The molecule has 1 aliphatic rings. The lowest BCUT2D eigenvalue weighted by molar-refractivity contribution is 0.0945. The summed E-state index contributed by atoms with van der Waals surface area (Å²) in [7, 11) is -3.62. The molecule has 1 aromatic carbocycles. The number of sulfonamides is 1. The Labute approximate surface area is 174 Å². The van der Waals surface area contributed by atoms with E-state index in [9.17, 15) is 13.2 Å². The molecule has 0 radical (unpaired) electrons. The fourth-order valence-electron chi connectivity index (χ4n) is 3.68. The molecule has 0 spiro atoms. The van der Waals surface area contributed by atoms with Crippen molar-refractivity contribution in [1.82, 2.24) is 14.6 Å². The number of nitrogens with zero attached hydrogens (tertiary/aromatic N) is 1. The molecular weight excluding hydrogens is 442 g/mol. The zero-order valence-corrected chi connectivity index (χ0v) is 18.6. The summed E-state index contributed by atoms with van der Waals surface area (Å²) in [5, 5.41) is 2.87. The van der Waals surface area contributed by atoms with Gasteiger partial charge in [0, 0.05) is 29.8 Å². The first-order chi connectivity index (χ1) is 13.3. The SMILES string of the molecule is Cc1[nH]c(C(=O)NCc2cccc(Br)c2)c(C)c1S(=O)(=O)N1CCCCCC1. The normalized spacial score (nSPS) is 16.0. The van der Waals surface area contributed by atoms with E-state index in [2.05, 4.69) is 26.2 Å². The standard InChI is InChI=1S/C20H26BrN3O3S/c1-14-18(20(25)22-13-16-8-7-9-17(21)12-16)23-15(2)19(14)28(26,27)24-10-5-3-4-6-11-24/h7-9,12,23H,3-6,10-11,13H2,1-2H3,(H,22,25). The van der Waals surface area contributed by atoms with Crippen LogP contribution in [0, 0.1) is 13.8 Å². The molecule has 0 saturated carbocycles. The number of hydrogen-bond acceptors (Lipinski definition) is 3. The molecule has 6 nitrogen and oxygen atoms in total. The molecule has 152 valence electrons.